The monoisotopic (exact) mass is 412 g/mol. The summed E-state index contributed by atoms with van der Waals surface area (Å²) >= 11 is 1.63. The van der Waals surface area contributed by atoms with Gasteiger partial charge in [0.1, 0.15) is 0 Å². The number of nitrogens with one attached hydrogen (secondary N) is 1. The van der Waals surface area contributed by atoms with Crippen molar-refractivity contribution in [1.82, 2.24) is 24.8 Å². The predicted octanol–water partition coefficient (Wildman–Crippen LogP) is 3.19. The van der Waals surface area contributed by atoms with Crippen LogP contribution in [0.25, 0.3) is 21.8 Å². The summed E-state index contributed by atoms with van der Waals surface area (Å²) in [4.78, 5) is 21.5. The second-order valence-corrected chi connectivity index (χ2v) is 7.64. The van der Waals surface area contributed by atoms with Crippen LogP contribution in [0.2, 0.25) is 0 Å². The van der Waals surface area contributed by atoms with E-state index < -0.39 is 0 Å². The summed E-state index contributed by atoms with van der Waals surface area (Å²) in [6.07, 6.45) is 4.38. The lowest BCUT2D eigenvalue weighted by Crippen LogP contribution is -2.26. The predicted molar refractivity (Wildman–Crippen MR) is 114 cm³/mol. The molecule has 0 radical (unpaired) electrons. The maximum atomic E-state index is 5.29. The SMILES string of the molecule is COc1cc(-c2cnc(NCCN3CCCC3)nc2-c2cccs2)nc(OC)n1. The summed E-state index contributed by atoms with van der Waals surface area (Å²) < 4.78 is 10.5. The zero-order valence-corrected chi connectivity index (χ0v) is 17.4. The van der Waals surface area contributed by atoms with Gasteiger partial charge in [-0.1, -0.05) is 6.07 Å². The molecule has 1 saturated heterocycles. The number of methoxy groups -OCH3 is 2. The van der Waals surface area contributed by atoms with E-state index >= 15 is 0 Å². The Balaban J connectivity index is 1.63. The third-order valence-electron chi connectivity index (χ3n) is 4.80. The first-order chi connectivity index (χ1) is 14.3. The molecule has 1 N–H and O–H groups in total. The molecule has 0 unspecified atom stereocenters. The maximum absolute atomic E-state index is 5.29. The molecule has 0 atom stereocenters. The Bertz CT molecular complexity index is 922. The number of rotatable bonds is 8. The van der Waals surface area contributed by atoms with Gasteiger partial charge in [0.15, 0.2) is 0 Å². The smallest absolute Gasteiger partial charge is 0.320 e. The Hall–Kier alpha value is -2.78. The Morgan fingerprint density at radius 2 is 2.00 bits per heavy atom. The number of ether oxygens (including phenoxy) is 2. The minimum atomic E-state index is 0.240. The van der Waals surface area contributed by atoms with E-state index in [1.54, 1.807) is 30.7 Å². The Kier molecular flexibility index (Phi) is 6.16. The van der Waals surface area contributed by atoms with Crippen LogP contribution >= 0.6 is 11.3 Å². The summed E-state index contributed by atoms with van der Waals surface area (Å²) in [7, 11) is 3.10. The third kappa shape index (κ3) is 4.63. The van der Waals surface area contributed by atoms with E-state index in [9.17, 15) is 0 Å². The van der Waals surface area contributed by atoms with E-state index in [4.69, 9.17) is 14.5 Å². The van der Waals surface area contributed by atoms with Crippen molar-refractivity contribution >= 4 is 17.3 Å². The van der Waals surface area contributed by atoms with E-state index in [1.807, 2.05) is 17.5 Å². The van der Waals surface area contributed by atoms with Gasteiger partial charge in [0, 0.05) is 30.9 Å². The molecule has 152 valence electrons. The van der Waals surface area contributed by atoms with Crippen LogP contribution in [-0.4, -0.2) is 65.2 Å². The quantitative estimate of drug-likeness (QED) is 0.604. The molecule has 0 spiro atoms. The standard InChI is InChI=1S/C20H24N6O2S/c1-27-17-12-15(23-20(24-17)28-2)14-13-22-19(21-7-10-26-8-3-4-9-26)25-18(14)16-6-5-11-29-16/h5-6,11-13H,3-4,7-10H2,1-2H3,(H,21,22,25). The second kappa shape index (κ2) is 9.15. The van der Waals surface area contributed by atoms with E-state index in [2.05, 4.69) is 25.2 Å². The number of aromatic nitrogens is 4. The second-order valence-electron chi connectivity index (χ2n) is 6.69. The Morgan fingerprint density at radius 1 is 1.14 bits per heavy atom. The molecule has 0 bridgehead atoms. The number of likely N-dealkylation sites (tertiary alicyclic amines) is 1. The van der Waals surface area contributed by atoms with Crippen LogP contribution < -0.4 is 14.8 Å². The number of nitrogens with zero attached hydrogens (tertiary/aromatic N) is 5. The van der Waals surface area contributed by atoms with E-state index in [0.717, 1.165) is 29.2 Å². The van der Waals surface area contributed by atoms with Crippen LogP contribution in [0.4, 0.5) is 5.95 Å². The van der Waals surface area contributed by atoms with Gasteiger partial charge in [-0.25, -0.2) is 9.97 Å². The lowest BCUT2D eigenvalue weighted by Gasteiger charge is -2.15. The summed E-state index contributed by atoms with van der Waals surface area (Å²) in [5.74, 6) is 1.04. The minimum Gasteiger partial charge on any atom is -0.481 e. The molecule has 8 nitrogen and oxygen atoms in total. The first kappa shape index (κ1) is 19.5. The Labute approximate surface area is 174 Å². The molecule has 3 aromatic heterocycles. The van der Waals surface area contributed by atoms with Gasteiger partial charge in [-0.05, 0) is 37.4 Å². The van der Waals surface area contributed by atoms with Crippen molar-refractivity contribution in [3.05, 3.63) is 29.8 Å². The highest BCUT2D eigenvalue weighted by Gasteiger charge is 2.17. The van der Waals surface area contributed by atoms with E-state index in [-0.39, 0.29) is 6.01 Å². The van der Waals surface area contributed by atoms with Crippen LogP contribution in [0, 0.1) is 0 Å². The topological polar surface area (TPSA) is 85.3 Å². The molecule has 4 heterocycles. The van der Waals surface area contributed by atoms with Gasteiger partial charge in [0.25, 0.3) is 0 Å². The highest BCUT2D eigenvalue weighted by Crippen LogP contribution is 2.34. The molecule has 9 heteroatoms. The highest BCUT2D eigenvalue weighted by atomic mass is 32.1. The molecule has 1 fully saturated rings. The van der Waals surface area contributed by atoms with Crippen molar-refractivity contribution in [3.8, 4) is 33.7 Å². The summed E-state index contributed by atoms with van der Waals surface area (Å²) in [5, 5.41) is 5.39. The van der Waals surface area contributed by atoms with Crippen molar-refractivity contribution in [2.24, 2.45) is 0 Å². The number of anilines is 1. The fourth-order valence-electron chi connectivity index (χ4n) is 3.33. The molecular formula is C20H24N6O2S. The maximum Gasteiger partial charge on any atom is 0.320 e. The molecular weight excluding hydrogens is 388 g/mol. The highest BCUT2D eigenvalue weighted by molar-refractivity contribution is 7.13. The van der Waals surface area contributed by atoms with Crippen molar-refractivity contribution in [2.45, 2.75) is 12.8 Å². The zero-order valence-electron chi connectivity index (χ0n) is 16.6. The van der Waals surface area contributed by atoms with Crippen molar-refractivity contribution in [1.29, 1.82) is 0 Å². The van der Waals surface area contributed by atoms with Crippen LogP contribution in [0.3, 0.4) is 0 Å². The van der Waals surface area contributed by atoms with E-state index in [1.165, 1.54) is 33.0 Å². The van der Waals surface area contributed by atoms with Gasteiger partial charge in [-0.15, -0.1) is 11.3 Å². The molecule has 0 aliphatic carbocycles. The van der Waals surface area contributed by atoms with Crippen molar-refractivity contribution in [3.63, 3.8) is 0 Å². The number of hydrogen-bond acceptors (Lipinski definition) is 9. The van der Waals surface area contributed by atoms with Crippen molar-refractivity contribution < 1.29 is 9.47 Å². The summed E-state index contributed by atoms with van der Waals surface area (Å²) in [6.45, 7) is 4.18. The molecule has 0 saturated carbocycles. The lowest BCUT2D eigenvalue weighted by molar-refractivity contribution is 0.352. The molecule has 3 aromatic rings. The van der Waals surface area contributed by atoms with Gasteiger partial charge >= 0.3 is 6.01 Å². The number of hydrogen-bond donors (Lipinski definition) is 1. The van der Waals surface area contributed by atoms with Crippen LogP contribution in [0.5, 0.6) is 11.9 Å². The molecule has 4 rings (SSSR count). The average Bonchev–Trinajstić information content (AvgIpc) is 3.47. The van der Waals surface area contributed by atoms with Crippen LogP contribution in [0.15, 0.2) is 29.8 Å². The summed E-state index contributed by atoms with van der Waals surface area (Å²) in [5.41, 5.74) is 2.28. The fourth-order valence-corrected chi connectivity index (χ4v) is 4.05. The van der Waals surface area contributed by atoms with E-state index in [0.29, 0.717) is 17.5 Å². The molecule has 29 heavy (non-hydrogen) atoms. The lowest BCUT2D eigenvalue weighted by atomic mass is 10.1. The summed E-state index contributed by atoms with van der Waals surface area (Å²) in [6, 6.07) is 6.05. The van der Waals surface area contributed by atoms with Crippen LogP contribution in [-0.2, 0) is 0 Å². The van der Waals surface area contributed by atoms with Gasteiger partial charge in [0.2, 0.25) is 11.8 Å². The Morgan fingerprint density at radius 3 is 2.72 bits per heavy atom. The molecule has 0 aromatic carbocycles. The largest absolute Gasteiger partial charge is 0.481 e. The first-order valence-corrected chi connectivity index (χ1v) is 10.5. The van der Waals surface area contributed by atoms with Gasteiger partial charge in [-0.3, -0.25) is 0 Å². The van der Waals surface area contributed by atoms with Crippen LogP contribution in [0.1, 0.15) is 12.8 Å². The molecule has 1 aliphatic rings. The molecule has 1 aliphatic heterocycles. The number of thiophene rings is 1. The third-order valence-corrected chi connectivity index (χ3v) is 5.68. The van der Waals surface area contributed by atoms with Gasteiger partial charge in [0.05, 0.1) is 30.5 Å². The van der Waals surface area contributed by atoms with Crippen molar-refractivity contribution in [2.75, 3.05) is 45.7 Å². The minimum absolute atomic E-state index is 0.240. The van der Waals surface area contributed by atoms with Gasteiger partial charge < -0.3 is 19.7 Å². The zero-order chi connectivity index (χ0) is 20.1. The van der Waals surface area contributed by atoms with Gasteiger partial charge in [-0.2, -0.15) is 9.97 Å². The molecule has 0 amide bonds. The normalized spacial score (nSPS) is 14.1. The first-order valence-electron chi connectivity index (χ1n) is 9.61. The fraction of sp³-hybridized carbons (Fsp3) is 0.400. The average molecular weight is 413 g/mol.